The van der Waals surface area contributed by atoms with Crippen molar-refractivity contribution in [3.8, 4) is 0 Å². The van der Waals surface area contributed by atoms with Crippen LogP contribution in [0.1, 0.15) is 81.6 Å². The number of hydrogen-bond acceptors (Lipinski definition) is 4. The van der Waals surface area contributed by atoms with Crippen LogP contribution in [0, 0.1) is 0 Å². The summed E-state index contributed by atoms with van der Waals surface area (Å²) in [6, 6.07) is -1.03. The number of imidazole rings is 1. The van der Waals surface area contributed by atoms with Crippen LogP contribution in [0.5, 0.6) is 0 Å². The van der Waals surface area contributed by atoms with Crippen LogP contribution in [-0.4, -0.2) is 32.6 Å². The molecule has 0 bridgehead atoms. The molecule has 166 valence electrons. The number of carboxylic acids is 1. The Balaban J connectivity index is 2.09. The minimum atomic E-state index is -1.08. The summed E-state index contributed by atoms with van der Waals surface area (Å²) in [4.78, 5) is 27.2. The maximum absolute atomic E-state index is 12.3. The molecule has 0 aromatic carbocycles. The standard InChI is InChI=1S/C24H37N3O3/c1-2-3-4-5-6-7-8-9-10-11-12-13-14-15-16-17-23(28)27-20-26-19-21(27)18-22(25)24(29)30/h3-4,6-7,9-10,19-20,22H,2,5,8,11-18,25H2,1H3,(H,29,30)/b4-3-,7-6-,10-9-. The quantitative estimate of drug-likeness (QED) is 0.290. The maximum atomic E-state index is 12.3. The van der Waals surface area contributed by atoms with Gasteiger partial charge >= 0.3 is 5.97 Å². The molecule has 0 aliphatic carbocycles. The summed E-state index contributed by atoms with van der Waals surface area (Å²) >= 11 is 0. The van der Waals surface area contributed by atoms with Crippen LogP contribution in [0.25, 0.3) is 0 Å². The van der Waals surface area contributed by atoms with Crippen molar-refractivity contribution in [2.24, 2.45) is 5.73 Å². The zero-order valence-electron chi connectivity index (χ0n) is 18.2. The largest absolute Gasteiger partial charge is 0.480 e. The number of carbonyl (C=O) groups is 2. The van der Waals surface area contributed by atoms with Crippen LogP contribution in [0.15, 0.2) is 49.0 Å². The molecule has 1 unspecified atom stereocenters. The van der Waals surface area contributed by atoms with Gasteiger partial charge in [-0.25, -0.2) is 4.98 Å². The summed E-state index contributed by atoms with van der Waals surface area (Å²) in [5.41, 5.74) is 6.10. The topological polar surface area (TPSA) is 98.2 Å². The number of rotatable bonds is 16. The minimum absolute atomic E-state index is 0.0544. The van der Waals surface area contributed by atoms with E-state index < -0.39 is 12.0 Å². The highest BCUT2D eigenvalue weighted by Crippen LogP contribution is 2.11. The molecule has 0 spiro atoms. The minimum Gasteiger partial charge on any atom is -0.480 e. The van der Waals surface area contributed by atoms with Crippen LogP contribution in [0.2, 0.25) is 0 Å². The van der Waals surface area contributed by atoms with Gasteiger partial charge < -0.3 is 10.8 Å². The van der Waals surface area contributed by atoms with Crippen LogP contribution in [-0.2, 0) is 11.2 Å². The second-order valence-corrected chi connectivity index (χ2v) is 7.40. The SMILES string of the molecule is CC/C=C\C/C=C\C/C=C\CCCCCCCC(=O)n1cncc1CC(N)C(=O)O. The Hall–Kier alpha value is -2.47. The zero-order valence-corrected chi connectivity index (χ0v) is 18.2. The van der Waals surface area contributed by atoms with Crippen LogP contribution in [0.3, 0.4) is 0 Å². The van der Waals surface area contributed by atoms with Crippen molar-refractivity contribution in [3.05, 3.63) is 54.7 Å². The van der Waals surface area contributed by atoms with Crippen molar-refractivity contribution in [1.29, 1.82) is 0 Å². The number of carbonyl (C=O) groups excluding carboxylic acids is 1. The van der Waals surface area contributed by atoms with E-state index in [-0.39, 0.29) is 12.3 Å². The Morgan fingerprint density at radius 2 is 1.67 bits per heavy atom. The highest BCUT2D eigenvalue weighted by atomic mass is 16.4. The molecule has 1 atom stereocenters. The average molecular weight is 416 g/mol. The Morgan fingerprint density at radius 3 is 2.37 bits per heavy atom. The van der Waals surface area contributed by atoms with Gasteiger partial charge in [0.2, 0.25) is 5.91 Å². The van der Waals surface area contributed by atoms with E-state index in [0.29, 0.717) is 12.1 Å². The molecule has 0 radical (unpaired) electrons. The molecule has 0 amide bonds. The molecule has 0 saturated carbocycles. The lowest BCUT2D eigenvalue weighted by Crippen LogP contribution is -2.33. The fourth-order valence-electron chi connectivity index (χ4n) is 3.03. The summed E-state index contributed by atoms with van der Waals surface area (Å²) in [5.74, 6) is -1.14. The molecule has 0 fully saturated rings. The van der Waals surface area contributed by atoms with Crippen molar-refractivity contribution < 1.29 is 14.7 Å². The van der Waals surface area contributed by atoms with Gasteiger partial charge in [0, 0.05) is 24.7 Å². The Bertz CT molecular complexity index is 704. The number of carboxylic acid groups (broad SMARTS) is 1. The average Bonchev–Trinajstić information content (AvgIpc) is 3.18. The molecular weight excluding hydrogens is 378 g/mol. The number of allylic oxidation sites excluding steroid dienone is 6. The molecule has 3 N–H and O–H groups in total. The third kappa shape index (κ3) is 11.5. The van der Waals surface area contributed by atoms with E-state index in [4.69, 9.17) is 10.8 Å². The summed E-state index contributed by atoms with van der Waals surface area (Å²) in [6.45, 7) is 2.14. The fraction of sp³-hybridized carbons (Fsp3) is 0.542. The Kier molecular flexibility index (Phi) is 13.9. The van der Waals surface area contributed by atoms with Gasteiger partial charge in [-0.1, -0.05) is 62.6 Å². The number of aromatic nitrogens is 2. The number of nitrogens with two attached hydrogens (primary N) is 1. The Labute approximate surface area is 180 Å². The summed E-state index contributed by atoms with van der Waals surface area (Å²) in [5, 5.41) is 8.91. The first kappa shape index (κ1) is 25.6. The van der Waals surface area contributed by atoms with Gasteiger partial charge in [-0.2, -0.15) is 0 Å². The highest BCUT2D eigenvalue weighted by molar-refractivity contribution is 5.80. The number of unbranched alkanes of at least 4 members (excludes halogenated alkanes) is 5. The number of hydrogen-bond donors (Lipinski definition) is 2. The van der Waals surface area contributed by atoms with Crippen LogP contribution >= 0.6 is 0 Å². The molecule has 1 aromatic heterocycles. The van der Waals surface area contributed by atoms with Gasteiger partial charge in [-0.05, 0) is 38.5 Å². The molecule has 1 aromatic rings. The highest BCUT2D eigenvalue weighted by Gasteiger charge is 2.17. The van der Waals surface area contributed by atoms with E-state index in [0.717, 1.165) is 44.9 Å². The molecule has 6 heteroatoms. The molecule has 1 rings (SSSR count). The van der Waals surface area contributed by atoms with Crippen molar-refractivity contribution >= 4 is 11.9 Å². The summed E-state index contributed by atoms with van der Waals surface area (Å²) in [7, 11) is 0. The number of aliphatic carboxylic acids is 1. The Morgan fingerprint density at radius 1 is 1.03 bits per heavy atom. The predicted octanol–water partition coefficient (Wildman–Crippen LogP) is 5.07. The van der Waals surface area contributed by atoms with Crippen molar-refractivity contribution in [1.82, 2.24) is 9.55 Å². The van der Waals surface area contributed by atoms with Crippen molar-refractivity contribution in [2.45, 2.75) is 83.6 Å². The maximum Gasteiger partial charge on any atom is 0.320 e. The van der Waals surface area contributed by atoms with Gasteiger partial charge in [0.25, 0.3) is 0 Å². The monoisotopic (exact) mass is 415 g/mol. The predicted molar refractivity (Wildman–Crippen MR) is 121 cm³/mol. The first-order valence-electron chi connectivity index (χ1n) is 11.0. The third-order valence-electron chi connectivity index (χ3n) is 4.77. The van der Waals surface area contributed by atoms with Gasteiger partial charge in [-0.3, -0.25) is 14.2 Å². The van der Waals surface area contributed by atoms with E-state index in [1.54, 1.807) is 0 Å². The molecule has 1 heterocycles. The lowest BCUT2D eigenvalue weighted by atomic mass is 10.1. The molecule has 6 nitrogen and oxygen atoms in total. The molecule has 0 aliphatic rings. The number of nitrogens with zero attached hydrogens (tertiary/aromatic N) is 2. The molecule has 0 aliphatic heterocycles. The van der Waals surface area contributed by atoms with Crippen molar-refractivity contribution in [3.63, 3.8) is 0 Å². The first-order valence-corrected chi connectivity index (χ1v) is 11.0. The van der Waals surface area contributed by atoms with Gasteiger partial charge in [0.15, 0.2) is 0 Å². The second kappa shape index (κ2) is 16.3. The molecule has 30 heavy (non-hydrogen) atoms. The normalized spacial score (nSPS) is 13.0. The van der Waals surface area contributed by atoms with E-state index >= 15 is 0 Å². The van der Waals surface area contributed by atoms with Crippen molar-refractivity contribution in [2.75, 3.05) is 0 Å². The molecular formula is C24H37N3O3. The zero-order chi connectivity index (χ0) is 22.0. The van der Waals surface area contributed by atoms with Crippen LogP contribution in [0.4, 0.5) is 0 Å². The lowest BCUT2D eigenvalue weighted by Gasteiger charge is -2.09. The van der Waals surface area contributed by atoms with E-state index in [1.165, 1.54) is 29.9 Å². The van der Waals surface area contributed by atoms with E-state index in [2.05, 4.69) is 48.4 Å². The second-order valence-electron chi connectivity index (χ2n) is 7.40. The van der Waals surface area contributed by atoms with Gasteiger partial charge in [-0.15, -0.1) is 0 Å². The summed E-state index contributed by atoms with van der Waals surface area (Å²) < 4.78 is 1.43. The lowest BCUT2D eigenvalue weighted by molar-refractivity contribution is -0.138. The third-order valence-corrected chi connectivity index (χ3v) is 4.77. The first-order chi connectivity index (χ1) is 14.6. The molecule has 0 saturated heterocycles. The van der Waals surface area contributed by atoms with E-state index in [1.807, 2.05) is 0 Å². The van der Waals surface area contributed by atoms with Gasteiger partial charge in [0.05, 0.1) is 0 Å². The van der Waals surface area contributed by atoms with Crippen LogP contribution < -0.4 is 5.73 Å². The smallest absolute Gasteiger partial charge is 0.320 e. The van der Waals surface area contributed by atoms with E-state index in [9.17, 15) is 9.59 Å². The van der Waals surface area contributed by atoms with Gasteiger partial charge in [0.1, 0.15) is 12.4 Å². The fourth-order valence-corrected chi connectivity index (χ4v) is 3.03. The summed E-state index contributed by atoms with van der Waals surface area (Å²) in [6.07, 6.45) is 26.2.